The minimum Gasteiger partial charge on any atom is -0.374 e. The largest absolute Gasteiger partial charge is 0.374 e. The fraction of sp³-hybridized carbons (Fsp3) is 0.636. The van der Waals surface area contributed by atoms with Crippen molar-refractivity contribution in [3.63, 3.8) is 0 Å². The summed E-state index contributed by atoms with van der Waals surface area (Å²) in [5.41, 5.74) is 0.632. The normalized spacial score (nSPS) is 18.8. The van der Waals surface area contributed by atoms with Gasteiger partial charge >= 0.3 is 6.03 Å². The number of nitrogens with zero attached hydrogens (tertiary/aromatic N) is 3. The summed E-state index contributed by atoms with van der Waals surface area (Å²) in [7, 11) is 0. The van der Waals surface area contributed by atoms with Crippen LogP contribution < -0.4 is 10.6 Å². The van der Waals surface area contributed by atoms with E-state index in [1.807, 2.05) is 13.8 Å². The second-order valence-electron chi connectivity index (χ2n) is 4.29. The molecule has 1 saturated heterocycles. The van der Waals surface area contributed by atoms with Crippen LogP contribution in [0.5, 0.6) is 0 Å². The molecule has 1 unspecified atom stereocenters. The molecule has 2 heterocycles. The SMILES string of the molecule is CCCC1NC(=O)N(Cc2nnsc2NCC)C1=O. The monoisotopic (exact) mass is 283 g/mol. The molecule has 1 atom stereocenters. The lowest BCUT2D eigenvalue weighted by molar-refractivity contribution is -0.128. The van der Waals surface area contributed by atoms with Gasteiger partial charge in [-0.25, -0.2) is 4.79 Å². The van der Waals surface area contributed by atoms with Crippen LogP contribution in [0.1, 0.15) is 32.4 Å². The van der Waals surface area contributed by atoms with Crippen LogP contribution in [0.4, 0.5) is 9.80 Å². The van der Waals surface area contributed by atoms with Crippen molar-refractivity contribution in [3.8, 4) is 0 Å². The molecule has 1 aromatic heterocycles. The quantitative estimate of drug-likeness (QED) is 0.766. The molecule has 0 saturated carbocycles. The Balaban J connectivity index is 2.08. The molecule has 0 radical (unpaired) electrons. The third kappa shape index (κ3) is 2.83. The van der Waals surface area contributed by atoms with Gasteiger partial charge in [-0.1, -0.05) is 17.8 Å². The zero-order valence-corrected chi connectivity index (χ0v) is 11.8. The van der Waals surface area contributed by atoms with Crippen molar-refractivity contribution in [2.24, 2.45) is 0 Å². The Morgan fingerprint density at radius 1 is 1.42 bits per heavy atom. The predicted molar refractivity (Wildman–Crippen MR) is 71.9 cm³/mol. The molecule has 19 heavy (non-hydrogen) atoms. The van der Waals surface area contributed by atoms with E-state index in [0.717, 1.165) is 18.0 Å². The van der Waals surface area contributed by atoms with Gasteiger partial charge in [0.25, 0.3) is 5.91 Å². The smallest absolute Gasteiger partial charge is 0.325 e. The maximum Gasteiger partial charge on any atom is 0.325 e. The molecule has 2 N–H and O–H groups in total. The first-order valence-corrected chi connectivity index (χ1v) is 7.11. The van der Waals surface area contributed by atoms with Gasteiger partial charge in [-0.2, -0.15) is 0 Å². The summed E-state index contributed by atoms with van der Waals surface area (Å²) in [5.74, 6) is -0.178. The molecule has 1 aliphatic rings. The molecule has 7 nitrogen and oxygen atoms in total. The number of aromatic nitrogens is 2. The van der Waals surface area contributed by atoms with Gasteiger partial charge in [0.2, 0.25) is 0 Å². The highest BCUT2D eigenvalue weighted by Crippen LogP contribution is 2.21. The number of amides is 3. The molecular formula is C11H17N5O2S. The van der Waals surface area contributed by atoms with Crippen LogP contribution in [0, 0.1) is 0 Å². The first-order chi connectivity index (χ1) is 9.17. The average molecular weight is 283 g/mol. The van der Waals surface area contributed by atoms with Crippen molar-refractivity contribution >= 4 is 28.5 Å². The Morgan fingerprint density at radius 2 is 2.21 bits per heavy atom. The van der Waals surface area contributed by atoms with Crippen LogP contribution in [0.25, 0.3) is 0 Å². The van der Waals surface area contributed by atoms with Gasteiger partial charge < -0.3 is 10.6 Å². The molecule has 3 amide bonds. The summed E-state index contributed by atoms with van der Waals surface area (Å²) in [6.45, 7) is 4.86. The fourth-order valence-electron chi connectivity index (χ4n) is 1.97. The number of nitrogens with one attached hydrogen (secondary N) is 2. The number of carbonyl (C=O) groups excluding carboxylic acids is 2. The molecular weight excluding hydrogens is 266 g/mol. The summed E-state index contributed by atoms with van der Waals surface area (Å²) in [5, 5.41) is 10.6. The Hall–Kier alpha value is -1.70. The van der Waals surface area contributed by atoms with Gasteiger partial charge in [-0.05, 0) is 13.3 Å². The van der Waals surface area contributed by atoms with Gasteiger partial charge in [0.05, 0.1) is 6.54 Å². The Bertz CT molecular complexity index is 475. The van der Waals surface area contributed by atoms with E-state index in [9.17, 15) is 9.59 Å². The van der Waals surface area contributed by atoms with Gasteiger partial charge in [0.1, 0.15) is 16.7 Å². The lowest BCUT2D eigenvalue weighted by Gasteiger charge is -2.12. The summed E-state index contributed by atoms with van der Waals surface area (Å²) in [4.78, 5) is 25.1. The molecule has 0 aliphatic carbocycles. The summed E-state index contributed by atoms with van der Waals surface area (Å²) in [6, 6.07) is -0.745. The number of carbonyl (C=O) groups is 2. The third-order valence-electron chi connectivity index (χ3n) is 2.89. The van der Waals surface area contributed by atoms with Crippen molar-refractivity contribution in [3.05, 3.63) is 5.69 Å². The Kier molecular flexibility index (Phi) is 4.31. The minimum atomic E-state index is -0.397. The predicted octanol–water partition coefficient (Wildman–Crippen LogP) is 1.19. The van der Waals surface area contributed by atoms with Gasteiger partial charge in [0.15, 0.2) is 0 Å². The van der Waals surface area contributed by atoms with Gasteiger partial charge in [-0.3, -0.25) is 9.69 Å². The third-order valence-corrected chi connectivity index (χ3v) is 3.61. The molecule has 2 rings (SSSR count). The minimum absolute atomic E-state index is 0.170. The van der Waals surface area contributed by atoms with E-state index in [-0.39, 0.29) is 18.5 Å². The van der Waals surface area contributed by atoms with E-state index < -0.39 is 6.04 Å². The number of rotatable bonds is 6. The summed E-state index contributed by atoms with van der Waals surface area (Å²) >= 11 is 1.23. The van der Waals surface area contributed by atoms with E-state index in [2.05, 4.69) is 20.2 Å². The second-order valence-corrected chi connectivity index (χ2v) is 5.05. The lowest BCUT2D eigenvalue weighted by atomic mass is 10.2. The van der Waals surface area contributed by atoms with E-state index in [1.54, 1.807) is 0 Å². The maximum atomic E-state index is 12.1. The molecule has 0 spiro atoms. The molecule has 104 valence electrons. The molecule has 1 aliphatic heterocycles. The van der Waals surface area contributed by atoms with E-state index in [1.165, 1.54) is 16.4 Å². The molecule has 0 bridgehead atoms. The fourth-order valence-corrected chi connectivity index (χ4v) is 2.61. The van der Waals surface area contributed by atoms with Crippen molar-refractivity contribution in [1.82, 2.24) is 19.8 Å². The zero-order valence-electron chi connectivity index (χ0n) is 11.0. The second kappa shape index (κ2) is 5.96. The molecule has 1 aromatic rings. The van der Waals surface area contributed by atoms with Crippen LogP contribution in [-0.2, 0) is 11.3 Å². The number of urea groups is 1. The standard InChI is InChI=1S/C11H17N5O2S/c1-3-5-7-10(17)16(11(18)13-7)6-8-9(12-4-2)19-15-14-8/h7,12H,3-6H2,1-2H3,(H,13,18). The Labute approximate surface area is 115 Å². The molecule has 0 aromatic carbocycles. The van der Waals surface area contributed by atoms with Gasteiger partial charge in [-0.15, -0.1) is 5.10 Å². The number of hydrogen-bond donors (Lipinski definition) is 2. The maximum absolute atomic E-state index is 12.1. The van der Waals surface area contributed by atoms with Crippen molar-refractivity contribution in [2.75, 3.05) is 11.9 Å². The van der Waals surface area contributed by atoms with Crippen LogP contribution in [0.3, 0.4) is 0 Å². The van der Waals surface area contributed by atoms with Crippen molar-refractivity contribution in [2.45, 2.75) is 39.3 Å². The lowest BCUT2D eigenvalue weighted by Crippen LogP contribution is -2.31. The summed E-state index contributed by atoms with van der Waals surface area (Å²) < 4.78 is 3.85. The topological polar surface area (TPSA) is 87.2 Å². The van der Waals surface area contributed by atoms with Gasteiger partial charge in [0, 0.05) is 18.1 Å². The first kappa shape index (κ1) is 13.7. The van der Waals surface area contributed by atoms with Crippen LogP contribution in [0.15, 0.2) is 0 Å². The highest BCUT2D eigenvalue weighted by Gasteiger charge is 2.37. The van der Waals surface area contributed by atoms with Crippen molar-refractivity contribution < 1.29 is 9.59 Å². The van der Waals surface area contributed by atoms with Crippen LogP contribution in [0.2, 0.25) is 0 Å². The molecule has 8 heteroatoms. The number of hydrogen-bond acceptors (Lipinski definition) is 6. The highest BCUT2D eigenvalue weighted by molar-refractivity contribution is 7.10. The average Bonchev–Trinajstić information content (AvgIpc) is 2.91. The summed E-state index contributed by atoms with van der Waals surface area (Å²) in [6.07, 6.45) is 1.52. The first-order valence-electron chi connectivity index (χ1n) is 6.34. The van der Waals surface area contributed by atoms with Crippen molar-refractivity contribution in [1.29, 1.82) is 0 Å². The van der Waals surface area contributed by atoms with Crippen LogP contribution in [-0.4, -0.2) is 39.0 Å². The number of imide groups is 1. The van der Waals surface area contributed by atoms with E-state index in [4.69, 9.17) is 0 Å². The van der Waals surface area contributed by atoms with E-state index >= 15 is 0 Å². The Morgan fingerprint density at radius 3 is 2.89 bits per heavy atom. The highest BCUT2D eigenvalue weighted by atomic mass is 32.1. The number of anilines is 1. The van der Waals surface area contributed by atoms with E-state index in [0.29, 0.717) is 12.1 Å². The zero-order chi connectivity index (χ0) is 13.8. The molecule has 1 fully saturated rings. The van der Waals surface area contributed by atoms with Crippen LogP contribution >= 0.6 is 11.5 Å².